The van der Waals surface area contributed by atoms with Gasteiger partial charge in [-0.05, 0) is 109 Å². The number of thiazole rings is 2. The Morgan fingerprint density at radius 3 is 1.51 bits per heavy atom. The molecule has 0 bridgehead atoms. The Morgan fingerprint density at radius 2 is 0.957 bits per heavy atom. The molecule has 6 aromatic heterocycles. The summed E-state index contributed by atoms with van der Waals surface area (Å²) in [6.07, 6.45) is 17.3. The first-order chi connectivity index (χ1) is 44.1. The van der Waals surface area contributed by atoms with Gasteiger partial charge in [-0.1, -0.05) is 152 Å². The second-order valence-electron chi connectivity index (χ2n) is 25.1. The van der Waals surface area contributed by atoms with Crippen LogP contribution in [0, 0.1) is 54.3 Å². The quantitative estimate of drug-likeness (QED) is 0.0626. The lowest BCUT2D eigenvalue weighted by molar-refractivity contribution is 0.0329. The Kier molecular flexibility index (Phi) is 40.8. The van der Waals surface area contributed by atoms with Gasteiger partial charge in [0.05, 0.1) is 103 Å². The van der Waals surface area contributed by atoms with E-state index in [1.54, 1.807) is 65.9 Å². The predicted octanol–water partition coefficient (Wildman–Crippen LogP) is 17.3. The van der Waals surface area contributed by atoms with Crippen molar-refractivity contribution in [2.75, 3.05) is 72.5 Å². The molecule has 17 nitrogen and oxygen atoms in total. The highest BCUT2D eigenvalue weighted by Gasteiger charge is 2.11. The fourth-order valence-electron chi connectivity index (χ4n) is 7.34. The van der Waals surface area contributed by atoms with Crippen molar-refractivity contribution in [3.8, 4) is 34.2 Å². The van der Waals surface area contributed by atoms with E-state index in [4.69, 9.17) is 33.2 Å². The number of aryl methyl sites for hydroxylation is 1. The van der Waals surface area contributed by atoms with Gasteiger partial charge in [-0.3, -0.25) is 9.88 Å². The molecule has 0 aliphatic carbocycles. The van der Waals surface area contributed by atoms with E-state index in [-0.39, 0.29) is 0 Å². The lowest BCUT2D eigenvalue weighted by Crippen LogP contribution is -2.38. The molecule has 0 unspecified atom stereocenters. The monoisotopic (exact) mass is 1300 g/mol. The minimum atomic E-state index is 0.459. The molecule has 0 saturated carbocycles. The minimum Gasteiger partial charge on any atom is -0.493 e. The Morgan fingerprint density at radius 1 is 0.435 bits per heavy atom. The molecule has 0 atom stereocenters. The number of benzene rings is 3. The normalized spacial score (nSPS) is 11.8. The second-order valence-corrected chi connectivity index (χ2v) is 27.3. The molecule has 0 radical (unpaired) electrons. The number of imidazole rings is 1. The number of ether oxygens (including phenoxy) is 7. The van der Waals surface area contributed by atoms with Crippen molar-refractivity contribution in [3.05, 3.63) is 158 Å². The van der Waals surface area contributed by atoms with Crippen LogP contribution >= 0.6 is 22.7 Å². The number of morpholine rings is 1. The Labute approximate surface area is 559 Å². The summed E-state index contributed by atoms with van der Waals surface area (Å²) in [4.78, 5) is 34.7. The molecule has 10 rings (SSSR count). The highest BCUT2D eigenvalue weighted by Crippen LogP contribution is 2.28. The van der Waals surface area contributed by atoms with Gasteiger partial charge in [-0.25, -0.2) is 34.9 Å². The van der Waals surface area contributed by atoms with Crippen molar-refractivity contribution in [1.82, 2.24) is 49.3 Å². The summed E-state index contributed by atoms with van der Waals surface area (Å²) in [5.74, 6) is 8.27. The maximum atomic E-state index is 5.65. The average Bonchev–Trinajstić information content (AvgIpc) is 1.79. The molecule has 9 aromatic rings. The summed E-state index contributed by atoms with van der Waals surface area (Å²) in [7, 11) is 0. The largest absolute Gasteiger partial charge is 0.493 e. The molecule has 0 amide bonds. The number of hydrogen-bond acceptors (Lipinski definition) is 18. The van der Waals surface area contributed by atoms with Crippen LogP contribution in [-0.2, 0) is 11.3 Å². The molecule has 0 spiro atoms. The second kappa shape index (κ2) is 47.6. The third kappa shape index (κ3) is 39.8. The fourth-order valence-corrected chi connectivity index (χ4v) is 8.97. The van der Waals surface area contributed by atoms with Crippen LogP contribution < -0.4 is 28.4 Å². The zero-order valence-corrected chi connectivity index (χ0v) is 59.8. The number of aromatic nitrogens is 9. The van der Waals surface area contributed by atoms with Gasteiger partial charge in [0.25, 0.3) is 5.19 Å². The van der Waals surface area contributed by atoms with Crippen molar-refractivity contribution in [2.45, 2.75) is 124 Å². The lowest BCUT2D eigenvalue weighted by atomic mass is 10.2. The summed E-state index contributed by atoms with van der Waals surface area (Å²) in [5, 5.41) is 1.88. The van der Waals surface area contributed by atoms with Crippen molar-refractivity contribution in [3.63, 3.8) is 0 Å². The summed E-state index contributed by atoms with van der Waals surface area (Å²) in [5.41, 5.74) is 2.06. The van der Waals surface area contributed by atoms with Crippen LogP contribution in [0.2, 0.25) is 0 Å². The maximum absolute atomic E-state index is 5.65. The van der Waals surface area contributed by atoms with Gasteiger partial charge in [-0.2, -0.15) is 0 Å². The summed E-state index contributed by atoms with van der Waals surface area (Å²) >= 11 is 3.32. The smallest absolute Gasteiger partial charge is 0.316 e. The molecular formula is C73H108N10O7S2. The molecular weight excluding hydrogens is 1190 g/mol. The van der Waals surface area contributed by atoms with Gasteiger partial charge in [0.1, 0.15) is 23.6 Å². The number of pyridine rings is 1. The van der Waals surface area contributed by atoms with Gasteiger partial charge in [0.15, 0.2) is 5.75 Å². The van der Waals surface area contributed by atoms with E-state index in [1.165, 1.54) is 22.3 Å². The van der Waals surface area contributed by atoms with Crippen LogP contribution in [0.1, 0.15) is 116 Å². The van der Waals surface area contributed by atoms with Crippen molar-refractivity contribution < 1.29 is 33.2 Å². The molecule has 504 valence electrons. The van der Waals surface area contributed by atoms with Crippen LogP contribution in [0.25, 0.3) is 20.4 Å². The summed E-state index contributed by atoms with van der Waals surface area (Å²) in [6, 6.07) is 30.1. The number of para-hydroxylation sites is 2. The van der Waals surface area contributed by atoms with Crippen LogP contribution in [0.4, 0.5) is 0 Å². The minimum absolute atomic E-state index is 0.459. The van der Waals surface area contributed by atoms with Crippen molar-refractivity contribution >= 4 is 43.1 Å². The van der Waals surface area contributed by atoms with E-state index < -0.39 is 0 Å². The van der Waals surface area contributed by atoms with Crippen molar-refractivity contribution in [1.29, 1.82) is 0 Å². The molecule has 1 aliphatic rings. The van der Waals surface area contributed by atoms with E-state index in [0.29, 0.717) is 60.6 Å². The molecule has 1 fully saturated rings. The van der Waals surface area contributed by atoms with Gasteiger partial charge in [0, 0.05) is 63.2 Å². The lowest BCUT2D eigenvalue weighted by Gasteiger charge is -2.27. The molecule has 7 heterocycles. The average molecular weight is 1300 g/mol. The number of nitrogens with zero attached hydrogens (tertiary/aromatic N) is 10. The number of hydrogen-bond donors (Lipinski definition) is 0. The fraction of sp³-hybridized carbons (Fsp3) is 0.507. The summed E-state index contributed by atoms with van der Waals surface area (Å²) in [6.45, 7) is 47.2. The third-order valence-corrected chi connectivity index (χ3v) is 13.4. The van der Waals surface area contributed by atoms with Crippen LogP contribution in [0.3, 0.4) is 0 Å². The van der Waals surface area contributed by atoms with Gasteiger partial charge < -0.3 is 37.7 Å². The number of rotatable bonds is 22. The molecule has 19 heteroatoms. The zero-order valence-electron chi connectivity index (χ0n) is 58.2. The molecule has 0 N–H and O–H groups in total. The van der Waals surface area contributed by atoms with E-state index >= 15 is 0 Å². The third-order valence-electron chi connectivity index (χ3n) is 11.5. The molecule has 92 heavy (non-hydrogen) atoms. The Hall–Kier alpha value is -7.32. The first-order valence-electron chi connectivity index (χ1n) is 32.4. The van der Waals surface area contributed by atoms with E-state index in [1.807, 2.05) is 98.4 Å². The zero-order chi connectivity index (χ0) is 67.3. The SMILES string of the molecule is CC(C)CN1CCOCC1.CC(C)COc1ccccc1.CC(C)COc1cccnc1.CC(C)COc1cncnc1.CC(C)COc1nc2ccccc2s1.CC(C)COc1ncccn1.CC(C)Cn1ccnc1.Cc1nc2cc(OCC(C)C)ccc2s1. The Balaban J connectivity index is 0.000000276. The van der Waals surface area contributed by atoms with Gasteiger partial charge in [-0.15, -0.1) is 11.3 Å². The summed E-state index contributed by atoms with van der Waals surface area (Å²) < 4.78 is 42.4. The van der Waals surface area contributed by atoms with Gasteiger partial charge in [0.2, 0.25) is 0 Å². The predicted molar refractivity (Wildman–Crippen MR) is 380 cm³/mol. The first kappa shape index (κ1) is 78.9. The van der Waals surface area contributed by atoms with E-state index in [9.17, 15) is 0 Å². The highest BCUT2D eigenvalue weighted by atomic mass is 32.1. The molecule has 1 aliphatic heterocycles. The first-order valence-corrected chi connectivity index (χ1v) is 34.0. The van der Waals surface area contributed by atoms with Crippen LogP contribution in [-0.4, -0.2) is 122 Å². The van der Waals surface area contributed by atoms with E-state index in [0.717, 1.165) is 109 Å². The van der Waals surface area contributed by atoms with Gasteiger partial charge >= 0.3 is 6.01 Å². The van der Waals surface area contributed by atoms with Crippen molar-refractivity contribution in [2.24, 2.45) is 47.3 Å². The topological polar surface area (TPSA) is 176 Å². The van der Waals surface area contributed by atoms with E-state index in [2.05, 4.69) is 172 Å². The maximum Gasteiger partial charge on any atom is 0.316 e. The van der Waals surface area contributed by atoms with Crippen LogP contribution in [0.5, 0.6) is 34.2 Å². The standard InChI is InChI=1S/C12H15NOS.C11H13NOS.C10H14O.C9H13NO.2C8H12N2O.C8H17NO.C7H12N2/c1-8(2)7-14-10-4-5-12-11(6-10)13-9(3)15-12;1-8(2)7-13-11-12-9-5-3-4-6-10(9)14-11;1-9(2)8-11-10-6-4-3-5-7-10;1-8(2)7-11-9-4-3-5-10-6-9;1-7(2)5-11-8-3-9-6-10-4-8;1-7(2)6-11-8-9-4-3-5-10-8;1-8(2)7-9-3-5-10-6-4-9;1-7(2)5-9-4-3-8-6-9/h4-6,8H,7H2,1-3H3;3-6,8H,7H2,1-2H3;3-7,9H,8H2,1-2H3;3-6,8H,7H2,1-2H3;3-4,6-7H,5H2,1-2H3;3-5,7H,6H2,1-2H3;8H,3-7H2,1-2H3;3-4,6-7H,5H2,1-2H3. The Bertz CT molecular complexity index is 2920. The van der Waals surface area contributed by atoms with Crippen LogP contribution in [0.15, 0.2) is 153 Å². The molecule has 1 saturated heterocycles. The highest BCUT2D eigenvalue weighted by molar-refractivity contribution is 7.20. The molecule has 3 aromatic carbocycles. The number of fused-ring (bicyclic) bond motifs is 2.